The average Bonchev–Trinajstić information content (AvgIpc) is 2.26. The molecule has 17 heavy (non-hydrogen) atoms. The van der Waals surface area contributed by atoms with Gasteiger partial charge in [-0.15, -0.1) is 0 Å². The largest absolute Gasteiger partial charge is 0.398 e. The fraction of sp³-hybridized carbons (Fsp3) is 0.455. The van der Waals surface area contributed by atoms with E-state index in [9.17, 15) is 10.1 Å². The van der Waals surface area contributed by atoms with Crippen molar-refractivity contribution in [1.29, 1.82) is 0 Å². The van der Waals surface area contributed by atoms with E-state index in [-0.39, 0.29) is 10.6 Å². The van der Waals surface area contributed by atoms with Gasteiger partial charge in [0.15, 0.2) is 0 Å². The van der Waals surface area contributed by atoms with Crippen molar-refractivity contribution >= 4 is 17.1 Å². The van der Waals surface area contributed by atoms with E-state index in [0.717, 1.165) is 6.54 Å². The zero-order valence-corrected chi connectivity index (χ0v) is 10.4. The maximum atomic E-state index is 11.1. The Labute approximate surface area is 101 Å². The molecule has 0 bridgehead atoms. The minimum atomic E-state index is -0.382. The maximum absolute atomic E-state index is 11.1. The molecular weight excluding hydrogens is 220 g/mol. The Hall–Kier alpha value is -1.82. The van der Waals surface area contributed by atoms with Crippen LogP contribution in [0, 0.1) is 10.1 Å². The lowest BCUT2D eigenvalue weighted by Crippen LogP contribution is -2.17. The predicted molar refractivity (Wildman–Crippen MR) is 69.3 cm³/mol. The highest BCUT2D eigenvalue weighted by Crippen LogP contribution is 2.32. The van der Waals surface area contributed by atoms with Gasteiger partial charge < -0.3 is 16.0 Å². The highest BCUT2D eigenvalue weighted by atomic mass is 16.6. The Morgan fingerprint density at radius 1 is 1.47 bits per heavy atom. The van der Waals surface area contributed by atoms with Crippen molar-refractivity contribution in [3.63, 3.8) is 0 Å². The summed E-state index contributed by atoms with van der Waals surface area (Å²) in [6, 6.07) is 3.33. The number of nitro groups is 1. The molecule has 3 N–H and O–H groups in total. The van der Waals surface area contributed by atoms with Crippen LogP contribution in [0.3, 0.4) is 0 Å². The number of nitrogens with two attached hydrogens (primary N) is 1. The van der Waals surface area contributed by atoms with Crippen molar-refractivity contribution < 1.29 is 4.92 Å². The minimum Gasteiger partial charge on any atom is -0.398 e. The van der Waals surface area contributed by atoms with Crippen molar-refractivity contribution in [2.45, 2.75) is 6.42 Å². The van der Waals surface area contributed by atoms with Crippen LogP contribution in [-0.4, -0.2) is 37.5 Å². The van der Waals surface area contributed by atoms with Gasteiger partial charge in [0.1, 0.15) is 5.69 Å². The number of nitrogens with one attached hydrogen (secondary N) is 1. The van der Waals surface area contributed by atoms with E-state index >= 15 is 0 Å². The second-order valence-corrected chi connectivity index (χ2v) is 4.09. The Morgan fingerprint density at radius 3 is 2.59 bits per heavy atom. The molecule has 6 heteroatoms. The van der Waals surface area contributed by atoms with E-state index in [1.165, 1.54) is 0 Å². The number of nitrogens with zero attached hydrogens (tertiary/aromatic N) is 2. The lowest BCUT2D eigenvalue weighted by Gasteiger charge is -2.13. The van der Waals surface area contributed by atoms with Crippen LogP contribution in [0.1, 0.15) is 5.56 Å². The van der Waals surface area contributed by atoms with Gasteiger partial charge >= 0.3 is 0 Å². The number of anilines is 2. The Kier molecular flexibility index (Phi) is 4.28. The van der Waals surface area contributed by atoms with E-state index in [1.54, 1.807) is 19.2 Å². The van der Waals surface area contributed by atoms with Crippen molar-refractivity contribution in [3.8, 4) is 0 Å². The Morgan fingerprint density at radius 2 is 2.12 bits per heavy atom. The molecule has 0 spiro atoms. The van der Waals surface area contributed by atoms with Crippen molar-refractivity contribution in [3.05, 3.63) is 27.8 Å². The smallest absolute Gasteiger partial charge is 0.297 e. The van der Waals surface area contributed by atoms with Crippen LogP contribution in [0.4, 0.5) is 17.1 Å². The molecule has 0 amide bonds. The summed E-state index contributed by atoms with van der Waals surface area (Å²) in [6.07, 6.45) is 0.560. The first-order valence-electron chi connectivity index (χ1n) is 5.35. The molecule has 0 aliphatic carbocycles. The molecule has 6 nitrogen and oxygen atoms in total. The maximum Gasteiger partial charge on any atom is 0.297 e. The van der Waals surface area contributed by atoms with E-state index in [1.807, 2.05) is 19.0 Å². The minimum absolute atomic E-state index is 0.0781. The summed E-state index contributed by atoms with van der Waals surface area (Å²) in [4.78, 5) is 12.7. The van der Waals surface area contributed by atoms with Gasteiger partial charge in [0.2, 0.25) is 0 Å². The summed E-state index contributed by atoms with van der Waals surface area (Å²) in [5.74, 6) is 0. The van der Waals surface area contributed by atoms with Crippen LogP contribution in [-0.2, 0) is 6.42 Å². The second kappa shape index (κ2) is 5.49. The van der Waals surface area contributed by atoms with Crippen molar-refractivity contribution in [2.75, 3.05) is 38.7 Å². The van der Waals surface area contributed by atoms with Crippen LogP contribution in [0.15, 0.2) is 12.1 Å². The average molecular weight is 238 g/mol. The Balaban J connectivity index is 3.19. The summed E-state index contributed by atoms with van der Waals surface area (Å²) in [6.45, 7) is 0.720. The standard InChI is InChI=1S/C11H18N4O2/c1-13-10-5-4-9(12)8(6-7-14(2)3)11(10)15(16)17/h4-5,13H,6-7,12H2,1-3H3. The first kappa shape index (κ1) is 13.2. The van der Waals surface area contributed by atoms with Gasteiger partial charge in [0, 0.05) is 19.3 Å². The molecule has 0 saturated heterocycles. The van der Waals surface area contributed by atoms with Crippen molar-refractivity contribution in [1.82, 2.24) is 4.90 Å². The highest BCUT2D eigenvalue weighted by Gasteiger charge is 2.21. The number of benzene rings is 1. The van der Waals surface area contributed by atoms with Gasteiger partial charge in [-0.25, -0.2) is 0 Å². The van der Waals surface area contributed by atoms with Crippen LogP contribution in [0.25, 0.3) is 0 Å². The molecule has 0 unspecified atom stereocenters. The van der Waals surface area contributed by atoms with Crippen LogP contribution in [0.2, 0.25) is 0 Å². The first-order valence-corrected chi connectivity index (χ1v) is 5.35. The molecule has 0 aliphatic heterocycles. The number of hydrogen-bond donors (Lipinski definition) is 2. The third kappa shape index (κ3) is 3.07. The van der Waals surface area contributed by atoms with Crippen LogP contribution < -0.4 is 11.1 Å². The van der Waals surface area contributed by atoms with E-state index in [4.69, 9.17) is 5.73 Å². The number of likely N-dealkylation sites (N-methyl/N-ethyl adjacent to an activating group) is 1. The van der Waals surface area contributed by atoms with Gasteiger partial charge in [0.25, 0.3) is 5.69 Å². The van der Waals surface area contributed by atoms with Crippen molar-refractivity contribution in [2.24, 2.45) is 0 Å². The zero-order chi connectivity index (χ0) is 13.0. The molecule has 0 radical (unpaired) electrons. The van der Waals surface area contributed by atoms with Gasteiger partial charge in [0.05, 0.1) is 10.5 Å². The molecule has 94 valence electrons. The normalized spacial score (nSPS) is 10.6. The second-order valence-electron chi connectivity index (χ2n) is 4.09. The number of nitro benzene ring substituents is 1. The molecule has 0 aliphatic rings. The molecule has 0 heterocycles. The topological polar surface area (TPSA) is 84.4 Å². The molecule has 0 aromatic heterocycles. The number of nitrogen functional groups attached to an aromatic ring is 1. The van der Waals surface area contributed by atoms with Crippen LogP contribution >= 0.6 is 0 Å². The van der Waals surface area contributed by atoms with E-state index < -0.39 is 0 Å². The summed E-state index contributed by atoms with van der Waals surface area (Å²) in [5, 5.41) is 13.9. The molecule has 1 aromatic rings. The third-order valence-corrected chi connectivity index (χ3v) is 2.58. The molecule has 1 rings (SSSR count). The monoisotopic (exact) mass is 238 g/mol. The molecule has 0 atom stereocenters. The fourth-order valence-corrected chi connectivity index (χ4v) is 1.66. The molecule has 0 fully saturated rings. The van der Waals surface area contributed by atoms with E-state index in [2.05, 4.69) is 5.32 Å². The SMILES string of the molecule is CNc1ccc(N)c(CCN(C)C)c1[N+](=O)[O-]. The number of rotatable bonds is 5. The zero-order valence-electron chi connectivity index (χ0n) is 10.4. The first-order chi connectivity index (χ1) is 7.97. The lowest BCUT2D eigenvalue weighted by molar-refractivity contribution is -0.384. The molecule has 1 aromatic carbocycles. The Bertz CT molecular complexity index is 418. The quantitative estimate of drug-likeness (QED) is 0.459. The predicted octanol–water partition coefficient (Wildman–Crippen LogP) is 1.32. The summed E-state index contributed by atoms with van der Waals surface area (Å²) in [7, 11) is 5.50. The van der Waals surface area contributed by atoms with E-state index in [0.29, 0.717) is 23.4 Å². The number of hydrogen-bond acceptors (Lipinski definition) is 5. The van der Waals surface area contributed by atoms with Gasteiger partial charge in [-0.05, 0) is 32.6 Å². The molecular formula is C11H18N4O2. The lowest BCUT2D eigenvalue weighted by atomic mass is 10.1. The molecule has 0 saturated carbocycles. The van der Waals surface area contributed by atoms with Crippen LogP contribution in [0.5, 0.6) is 0 Å². The highest BCUT2D eigenvalue weighted by molar-refractivity contribution is 5.72. The summed E-state index contributed by atoms with van der Waals surface area (Å²) < 4.78 is 0. The summed E-state index contributed by atoms with van der Waals surface area (Å²) in [5.41, 5.74) is 7.46. The summed E-state index contributed by atoms with van der Waals surface area (Å²) >= 11 is 0. The fourth-order valence-electron chi connectivity index (χ4n) is 1.66. The van der Waals surface area contributed by atoms with Gasteiger partial charge in [-0.1, -0.05) is 0 Å². The van der Waals surface area contributed by atoms with Gasteiger partial charge in [-0.2, -0.15) is 0 Å². The van der Waals surface area contributed by atoms with Gasteiger partial charge in [-0.3, -0.25) is 10.1 Å². The third-order valence-electron chi connectivity index (χ3n) is 2.58.